The highest BCUT2D eigenvalue weighted by atomic mass is 35.5. The number of methoxy groups -OCH3 is 1. The lowest BCUT2D eigenvalue weighted by molar-refractivity contribution is -0.138. The zero-order valence-corrected chi connectivity index (χ0v) is 15.2. The maximum absolute atomic E-state index is 14.1. The summed E-state index contributed by atoms with van der Waals surface area (Å²) in [6.45, 7) is 2.03. The molecule has 1 aliphatic heterocycles. The number of benzene rings is 1. The second kappa shape index (κ2) is 9.12. The molecule has 1 aromatic carbocycles. The summed E-state index contributed by atoms with van der Waals surface area (Å²) in [4.78, 5) is 27.9. The Bertz CT molecular complexity index is 609. The van der Waals surface area contributed by atoms with Gasteiger partial charge in [-0.15, -0.1) is 0 Å². The standard InChI is InChI=1S/C17H23ClFN3O3/c1-21(8-9-25-2)16(23)10-15-17(24)20-6-7-22(15)11-12-13(18)4-3-5-14(12)19/h3-5,15H,6-11H2,1-2H3,(H,20,24)/t15-/m0/s1. The quantitative estimate of drug-likeness (QED) is 0.784. The Kier molecular flexibility index (Phi) is 7.16. The number of nitrogens with zero attached hydrogens (tertiary/aromatic N) is 2. The number of nitrogens with one attached hydrogen (secondary N) is 1. The van der Waals surface area contributed by atoms with E-state index in [1.54, 1.807) is 25.1 Å². The van der Waals surface area contributed by atoms with Crippen LogP contribution >= 0.6 is 11.6 Å². The van der Waals surface area contributed by atoms with E-state index in [0.717, 1.165) is 0 Å². The van der Waals surface area contributed by atoms with Crippen molar-refractivity contribution in [3.63, 3.8) is 0 Å². The van der Waals surface area contributed by atoms with Gasteiger partial charge in [-0.05, 0) is 12.1 Å². The topological polar surface area (TPSA) is 61.9 Å². The summed E-state index contributed by atoms with van der Waals surface area (Å²) in [5, 5.41) is 3.08. The van der Waals surface area contributed by atoms with Gasteiger partial charge in [0.15, 0.2) is 0 Å². The van der Waals surface area contributed by atoms with E-state index in [1.807, 2.05) is 0 Å². The van der Waals surface area contributed by atoms with E-state index in [1.165, 1.54) is 17.0 Å². The fourth-order valence-electron chi connectivity index (χ4n) is 2.73. The number of halogens is 2. The van der Waals surface area contributed by atoms with Crippen LogP contribution in [0.1, 0.15) is 12.0 Å². The summed E-state index contributed by atoms with van der Waals surface area (Å²) in [5.74, 6) is -0.809. The van der Waals surface area contributed by atoms with Crippen molar-refractivity contribution in [1.82, 2.24) is 15.1 Å². The molecule has 0 spiro atoms. The van der Waals surface area contributed by atoms with Crippen molar-refractivity contribution in [2.24, 2.45) is 0 Å². The first-order chi connectivity index (χ1) is 11.9. The highest BCUT2D eigenvalue weighted by Crippen LogP contribution is 2.23. The molecule has 1 N–H and O–H groups in total. The molecule has 138 valence electrons. The Morgan fingerprint density at radius 1 is 1.52 bits per heavy atom. The highest BCUT2D eigenvalue weighted by molar-refractivity contribution is 6.31. The van der Waals surface area contributed by atoms with Crippen LogP contribution in [0.4, 0.5) is 4.39 Å². The summed E-state index contributed by atoms with van der Waals surface area (Å²) < 4.78 is 19.0. The number of piperazine rings is 1. The third-order valence-corrected chi connectivity index (χ3v) is 4.64. The Hall–Kier alpha value is -1.70. The molecular formula is C17H23ClFN3O3. The maximum Gasteiger partial charge on any atom is 0.237 e. The molecule has 1 saturated heterocycles. The molecule has 25 heavy (non-hydrogen) atoms. The molecule has 0 radical (unpaired) electrons. The number of rotatable bonds is 7. The molecule has 0 aliphatic carbocycles. The van der Waals surface area contributed by atoms with Crippen LogP contribution in [0.3, 0.4) is 0 Å². The van der Waals surface area contributed by atoms with Gasteiger partial charge in [0.1, 0.15) is 5.82 Å². The summed E-state index contributed by atoms with van der Waals surface area (Å²) in [6.07, 6.45) is 0.0259. The third-order valence-electron chi connectivity index (χ3n) is 4.29. The lowest BCUT2D eigenvalue weighted by atomic mass is 10.1. The van der Waals surface area contributed by atoms with E-state index in [-0.39, 0.29) is 24.8 Å². The van der Waals surface area contributed by atoms with Crippen molar-refractivity contribution in [3.8, 4) is 0 Å². The number of hydrogen-bond acceptors (Lipinski definition) is 4. The van der Waals surface area contributed by atoms with Crippen LogP contribution in [0.25, 0.3) is 0 Å². The normalized spacial score (nSPS) is 18.1. The molecule has 6 nitrogen and oxygen atoms in total. The minimum absolute atomic E-state index is 0.0259. The molecule has 1 heterocycles. The summed E-state index contributed by atoms with van der Waals surface area (Å²) in [5.41, 5.74) is 0.337. The van der Waals surface area contributed by atoms with Gasteiger partial charge in [0.2, 0.25) is 11.8 Å². The van der Waals surface area contributed by atoms with E-state index in [0.29, 0.717) is 36.8 Å². The molecule has 2 rings (SSSR count). The Morgan fingerprint density at radius 2 is 2.28 bits per heavy atom. The third kappa shape index (κ3) is 5.14. The lowest BCUT2D eigenvalue weighted by Gasteiger charge is -2.35. The van der Waals surface area contributed by atoms with Gasteiger partial charge in [-0.3, -0.25) is 14.5 Å². The molecular weight excluding hydrogens is 349 g/mol. The number of likely N-dealkylation sites (N-methyl/N-ethyl adjacent to an activating group) is 1. The van der Waals surface area contributed by atoms with Crippen molar-refractivity contribution in [2.75, 3.05) is 40.4 Å². The first-order valence-electron chi connectivity index (χ1n) is 8.11. The molecule has 1 aromatic rings. The predicted octanol–water partition coefficient (Wildman–Crippen LogP) is 1.27. The van der Waals surface area contributed by atoms with Crippen molar-refractivity contribution < 1.29 is 18.7 Å². The van der Waals surface area contributed by atoms with Crippen LogP contribution in [-0.4, -0.2) is 68.1 Å². The first kappa shape index (κ1) is 19.6. The SMILES string of the molecule is COCCN(C)C(=O)C[C@H]1C(=O)NCCN1Cc1c(F)cccc1Cl. The summed E-state index contributed by atoms with van der Waals surface area (Å²) in [6, 6.07) is 3.84. The minimum Gasteiger partial charge on any atom is -0.383 e. The number of amides is 2. The van der Waals surface area contributed by atoms with E-state index in [2.05, 4.69) is 5.32 Å². The van der Waals surface area contributed by atoms with Crippen LogP contribution in [-0.2, 0) is 20.9 Å². The van der Waals surface area contributed by atoms with Gasteiger partial charge in [-0.25, -0.2) is 4.39 Å². The number of carbonyl (C=O) groups is 2. The Labute approximate surface area is 151 Å². The van der Waals surface area contributed by atoms with Crippen LogP contribution in [0, 0.1) is 5.82 Å². The zero-order valence-electron chi connectivity index (χ0n) is 14.4. The first-order valence-corrected chi connectivity index (χ1v) is 8.49. The van der Waals surface area contributed by atoms with Crippen molar-refractivity contribution in [1.29, 1.82) is 0 Å². The van der Waals surface area contributed by atoms with E-state index >= 15 is 0 Å². The van der Waals surface area contributed by atoms with E-state index < -0.39 is 11.9 Å². The van der Waals surface area contributed by atoms with Crippen LogP contribution in [0.5, 0.6) is 0 Å². The molecule has 1 fully saturated rings. The highest BCUT2D eigenvalue weighted by Gasteiger charge is 2.33. The average Bonchev–Trinajstić information content (AvgIpc) is 2.58. The average molecular weight is 372 g/mol. The van der Waals surface area contributed by atoms with Crippen molar-refractivity contribution in [2.45, 2.75) is 19.0 Å². The number of ether oxygens (including phenoxy) is 1. The van der Waals surface area contributed by atoms with Gasteiger partial charge in [0.25, 0.3) is 0 Å². The second-order valence-corrected chi connectivity index (χ2v) is 6.40. The Morgan fingerprint density at radius 3 is 2.96 bits per heavy atom. The van der Waals surface area contributed by atoms with Gasteiger partial charge in [0, 0.05) is 50.9 Å². The second-order valence-electron chi connectivity index (χ2n) is 5.99. The zero-order chi connectivity index (χ0) is 18.4. The van der Waals surface area contributed by atoms with Crippen LogP contribution in [0.15, 0.2) is 18.2 Å². The number of hydrogen-bond donors (Lipinski definition) is 1. The molecule has 8 heteroatoms. The lowest BCUT2D eigenvalue weighted by Crippen LogP contribution is -2.56. The van der Waals surface area contributed by atoms with Crippen molar-refractivity contribution >= 4 is 23.4 Å². The summed E-state index contributed by atoms with van der Waals surface area (Å²) >= 11 is 6.09. The summed E-state index contributed by atoms with van der Waals surface area (Å²) in [7, 11) is 3.23. The van der Waals surface area contributed by atoms with E-state index in [4.69, 9.17) is 16.3 Å². The van der Waals surface area contributed by atoms with Gasteiger partial charge in [-0.1, -0.05) is 17.7 Å². The van der Waals surface area contributed by atoms with Gasteiger partial charge >= 0.3 is 0 Å². The van der Waals surface area contributed by atoms with Crippen LogP contribution in [0.2, 0.25) is 5.02 Å². The molecule has 2 amide bonds. The molecule has 0 aromatic heterocycles. The monoisotopic (exact) mass is 371 g/mol. The fourth-order valence-corrected chi connectivity index (χ4v) is 2.96. The molecule has 1 aliphatic rings. The molecule has 1 atom stereocenters. The molecule has 0 unspecified atom stereocenters. The molecule has 0 saturated carbocycles. The minimum atomic E-state index is -0.651. The number of carbonyl (C=O) groups excluding carboxylic acids is 2. The van der Waals surface area contributed by atoms with Gasteiger partial charge in [0.05, 0.1) is 19.1 Å². The molecule has 0 bridgehead atoms. The Balaban J connectivity index is 2.10. The largest absolute Gasteiger partial charge is 0.383 e. The smallest absolute Gasteiger partial charge is 0.237 e. The predicted molar refractivity (Wildman–Crippen MR) is 92.7 cm³/mol. The van der Waals surface area contributed by atoms with Gasteiger partial charge in [-0.2, -0.15) is 0 Å². The van der Waals surface area contributed by atoms with E-state index in [9.17, 15) is 14.0 Å². The van der Waals surface area contributed by atoms with Crippen molar-refractivity contribution in [3.05, 3.63) is 34.6 Å². The van der Waals surface area contributed by atoms with Crippen LogP contribution < -0.4 is 5.32 Å². The maximum atomic E-state index is 14.1. The fraction of sp³-hybridized carbons (Fsp3) is 0.529. The van der Waals surface area contributed by atoms with Gasteiger partial charge < -0.3 is 15.0 Å².